The molecule has 0 saturated carbocycles. The summed E-state index contributed by atoms with van der Waals surface area (Å²) in [6, 6.07) is 10.3. The Labute approximate surface area is 87.8 Å². The van der Waals surface area contributed by atoms with Gasteiger partial charge in [0.1, 0.15) is 5.92 Å². The van der Waals surface area contributed by atoms with Gasteiger partial charge in [0.05, 0.1) is 17.7 Å². The van der Waals surface area contributed by atoms with Crippen molar-refractivity contribution in [3.8, 4) is 12.1 Å². The third-order valence-corrected chi connectivity index (χ3v) is 1.87. The van der Waals surface area contributed by atoms with Gasteiger partial charge in [-0.2, -0.15) is 10.5 Å². The van der Waals surface area contributed by atoms with Gasteiger partial charge in [0, 0.05) is 5.69 Å². The number of carbonyl (C=O) groups excluding carboxylic acids is 1. The maximum atomic E-state index is 11.3. The van der Waals surface area contributed by atoms with Crippen molar-refractivity contribution in [2.75, 3.05) is 5.32 Å². The minimum Gasteiger partial charge on any atom is -0.325 e. The molecule has 1 unspecified atom stereocenters. The molecule has 0 aliphatic heterocycles. The molecular formula is C11H9N3O. The number of rotatable bonds is 2. The topological polar surface area (TPSA) is 76.7 Å². The summed E-state index contributed by atoms with van der Waals surface area (Å²) in [6.45, 7) is 1.53. The maximum absolute atomic E-state index is 11.3. The molecule has 0 bridgehead atoms. The van der Waals surface area contributed by atoms with Crippen molar-refractivity contribution < 1.29 is 4.79 Å². The van der Waals surface area contributed by atoms with Crippen LogP contribution in [0.25, 0.3) is 0 Å². The molecule has 1 aromatic carbocycles. The first kappa shape index (κ1) is 10.7. The third kappa shape index (κ3) is 2.82. The molecule has 0 spiro atoms. The molecule has 0 aliphatic rings. The van der Waals surface area contributed by atoms with Crippen molar-refractivity contribution in [1.29, 1.82) is 10.5 Å². The second-order valence-electron chi connectivity index (χ2n) is 3.03. The van der Waals surface area contributed by atoms with Crippen LogP contribution in [-0.2, 0) is 4.79 Å². The summed E-state index contributed by atoms with van der Waals surface area (Å²) in [5.41, 5.74) is 1.11. The molecule has 0 heterocycles. The normalized spacial score (nSPS) is 10.9. The van der Waals surface area contributed by atoms with E-state index >= 15 is 0 Å². The lowest BCUT2D eigenvalue weighted by molar-refractivity contribution is -0.117. The Bertz CT molecular complexity index is 436. The number of hydrogen-bond donors (Lipinski definition) is 1. The summed E-state index contributed by atoms with van der Waals surface area (Å²) in [5.74, 6) is -1.03. The number of carbonyl (C=O) groups is 1. The Morgan fingerprint density at radius 1 is 1.33 bits per heavy atom. The number of nitrogens with one attached hydrogen (secondary N) is 1. The summed E-state index contributed by atoms with van der Waals surface area (Å²) < 4.78 is 0. The molecule has 0 saturated heterocycles. The molecular weight excluding hydrogens is 190 g/mol. The van der Waals surface area contributed by atoms with Gasteiger partial charge in [-0.15, -0.1) is 0 Å². The van der Waals surface area contributed by atoms with Crippen LogP contribution in [0.2, 0.25) is 0 Å². The van der Waals surface area contributed by atoms with Crippen molar-refractivity contribution in [3.63, 3.8) is 0 Å². The van der Waals surface area contributed by atoms with Gasteiger partial charge in [0.15, 0.2) is 0 Å². The summed E-state index contributed by atoms with van der Waals surface area (Å²) in [7, 11) is 0. The highest BCUT2D eigenvalue weighted by Crippen LogP contribution is 2.09. The smallest absolute Gasteiger partial charge is 0.241 e. The average molecular weight is 199 g/mol. The fourth-order valence-electron chi connectivity index (χ4n) is 0.937. The molecule has 4 nitrogen and oxygen atoms in total. The minimum absolute atomic E-state index is 0.345. The summed E-state index contributed by atoms with van der Waals surface area (Å²) in [6.07, 6.45) is 0. The van der Waals surface area contributed by atoms with Gasteiger partial charge in [-0.05, 0) is 31.2 Å². The van der Waals surface area contributed by atoms with Crippen LogP contribution in [0.3, 0.4) is 0 Å². The van der Waals surface area contributed by atoms with E-state index in [-0.39, 0.29) is 5.91 Å². The predicted molar refractivity (Wildman–Crippen MR) is 54.6 cm³/mol. The van der Waals surface area contributed by atoms with Gasteiger partial charge in [0.2, 0.25) is 5.91 Å². The zero-order chi connectivity index (χ0) is 11.3. The van der Waals surface area contributed by atoms with Gasteiger partial charge in [-0.25, -0.2) is 0 Å². The maximum Gasteiger partial charge on any atom is 0.241 e. The van der Waals surface area contributed by atoms with Crippen LogP contribution in [0.15, 0.2) is 24.3 Å². The highest BCUT2D eigenvalue weighted by molar-refractivity contribution is 5.93. The van der Waals surface area contributed by atoms with Crippen LogP contribution < -0.4 is 5.32 Å². The van der Waals surface area contributed by atoms with E-state index in [4.69, 9.17) is 10.5 Å². The van der Waals surface area contributed by atoms with Crippen LogP contribution in [0.4, 0.5) is 5.69 Å². The first-order chi connectivity index (χ1) is 7.17. The van der Waals surface area contributed by atoms with E-state index in [0.29, 0.717) is 11.3 Å². The molecule has 1 atom stereocenters. The molecule has 1 aromatic rings. The monoisotopic (exact) mass is 199 g/mol. The Kier molecular flexibility index (Phi) is 3.43. The van der Waals surface area contributed by atoms with Crippen LogP contribution >= 0.6 is 0 Å². The Morgan fingerprint density at radius 2 is 1.93 bits per heavy atom. The van der Waals surface area contributed by atoms with E-state index in [0.717, 1.165) is 0 Å². The van der Waals surface area contributed by atoms with Gasteiger partial charge in [0.25, 0.3) is 0 Å². The molecule has 1 amide bonds. The largest absolute Gasteiger partial charge is 0.325 e. The second-order valence-corrected chi connectivity index (χ2v) is 3.03. The van der Waals surface area contributed by atoms with Gasteiger partial charge < -0.3 is 5.32 Å². The Hall–Kier alpha value is -2.33. The van der Waals surface area contributed by atoms with Crippen molar-refractivity contribution >= 4 is 11.6 Å². The van der Waals surface area contributed by atoms with E-state index in [1.165, 1.54) is 6.92 Å². The average Bonchev–Trinajstić information content (AvgIpc) is 2.29. The second kappa shape index (κ2) is 4.78. The van der Waals surface area contributed by atoms with Crippen LogP contribution in [0, 0.1) is 28.6 Å². The quantitative estimate of drug-likeness (QED) is 0.786. The molecule has 0 aliphatic carbocycles. The fourth-order valence-corrected chi connectivity index (χ4v) is 0.937. The van der Waals surface area contributed by atoms with E-state index in [1.807, 2.05) is 12.1 Å². The van der Waals surface area contributed by atoms with Crippen LogP contribution in [0.1, 0.15) is 12.5 Å². The molecule has 0 aromatic heterocycles. The highest BCUT2D eigenvalue weighted by atomic mass is 16.1. The van der Waals surface area contributed by atoms with Crippen LogP contribution in [0.5, 0.6) is 0 Å². The zero-order valence-electron chi connectivity index (χ0n) is 8.19. The molecule has 74 valence electrons. The molecule has 1 N–H and O–H groups in total. The number of nitrogens with zero attached hydrogens (tertiary/aromatic N) is 2. The standard InChI is InChI=1S/C11H9N3O/c1-8(6-12)11(15)14-10-4-2-9(7-13)3-5-10/h2-5,8H,1H3,(H,14,15). The summed E-state index contributed by atoms with van der Waals surface area (Å²) >= 11 is 0. The molecule has 0 fully saturated rings. The minimum atomic E-state index is -0.680. The van der Waals surface area contributed by atoms with Gasteiger partial charge >= 0.3 is 0 Å². The predicted octanol–water partition coefficient (Wildman–Crippen LogP) is 1.66. The van der Waals surface area contributed by atoms with E-state index in [1.54, 1.807) is 24.3 Å². The van der Waals surface area contributed by atoms with Crippen molar-refractivity contribution in [3.05, 3.63) is 29.8 Å². The van der Waals surface area contributed by atoms with E-state index in [9.17, 15) is 4.79 Å². The number of anilines is 1. The van der Waals surface area contributed by atoms with Crippen molar-refractivity contribution in [2.24, 2.45) is 5.92 Å². The lowest BCUT2D eigenvalue weighted by Crippen LogP contribution is -2.18. The number of amides is 1. The molecule has 0 radical (unpaired) electrons. The SMILES string of the molecule is CC(C#N)C(=O)Nc1ccc(C#N)cc1. The molecule has 1 rings (SSSR count). The molecule has 4 heteroatoms. The first-order valence-corrected chi connectivity index (χ1v) is 4.38. The Balaban J connectivity index is 2.71. The van der Waals surface area contributed by atoms with Crippen LogP contribution in [-0.4, -0.2) is 5.91 Å². The van der Waals surface area contributed by atoms with Gasteiger partial charge in [-0.1, -0.05) is 0 Å². The number of hydrogen-bond acceptors (Lipinski definition) is 3. The number of nitriles is 2. The van der Waals surface area contributed by atoms with E-state index < -0.39 is 5.92 Å². The first-order valence-electron chi connectivity index (χ1n) is 4.38. The van der Waals surface area contributed by atoms with Crippen molar-refractivity contribution in [1.82, 2.24) is 0 Å². The van der Waals surface area contributed by atoms with Gasteiger partial charge in [-0.3, -0.25) is 4.79 Å². The Morgan fingerprint density at radius 3 is 2.40 bits per heavy atom. The molecule has 15 heavy (non-hydrogen) atoms. The fraction of sp³-hybridized carbons (Fsp3) is 0.182. The zero-order valence-corrected chi connectivity index (χ0v) is 8.19. The lowest BCUT2D eigenvalue weighted by Gasteiger charge is -2.05. The third-order valence-electron chi connectivity index (χ3n) is 1.87. The summed E-state index contributed by atoms with van der Waals surface area (Å²) in [4.78, 5) is 11.3. The van der Waals surface area contributed by atoms with E-state index in [2.05, 4.69) is 5.32 Å². The lowest BCUT2D eigenvalue weighted by atomic mass is 10.2. The number of benzene rings is 1. The summed E-state index contributed by atoms with van der Waals surface area (Å²) in [5, 5.41) is 19.6. The van der Waals surface area contributed by atoms with Crippen molar-refractivity contribution in [2.45, 2.75) is 6.92 Å². The highest BCUT2D eigenvalue weighted by Gasteiger charge is 2.10.